The van der Waals surface area contributed by atoms with Gasteiger partial charge in [0, 0.05) is 32.8 Å². The van der Waals surface area contributed by atoms with Crippen molar-refractivity contribution in [2.24, 2.45) is 7.05 Å². The van der Waals surface area contributed by atoms with Gasteiger partial charge in [0.2, 0.25) is 0 Å². The van der Waals surface area contributed by atoms with Crippen molar-refractivity contribution in [3.8, 4) is 0 Å². The van der Waals surface area contributed by atoms with Crippen molar-refractivity contribution >= 4 is 16.7 Å². The van der Waals surface area contributed by atoms with Crippen molar-refractivity contribution in [2.75, 3.05) is 7.11 Å². The second kappa shape index (κ2) is 5.46. The predicted molar refractivity (Wildman–Crippen MR) is 74.9 cm³/mol. The molecule has 7 heteroatoms. The van der Waals surface area contributed by atoms with E-state index < -0.39 is 4.92 Å². The first-order chi connectivity index (χ1) is 9.45. The first kappa shape index (κ1) is 14.3. The summed E-state index contributed by atoms with van der Waals surface area (Å²) in [5, 5.41) is 10.9. The van der Waals surface area contributed by atoms with Crippen LogP contribution in [0.1, 0.15) is 13.3 Å². The molecule has 0 N–H and O–H groups in total. The number of nitro benzene ring substituents is 1. The average molecular weight is 279 g/mol. The van der Waals surface area contributed by atoms with Gasteiger partial charge in [-0.3, -0.25) is 19.2 Å². The predicted octanol–water partition coefficient (Wildman–Crippen LogP) is 1.67. The van der Waals surface area contributed by atoms with Crippen LogP contribution in [0.5, 0.6) is 0 Å². The van der Waals surface area contributed by atoms with Crippen LogP contribution in [0, 0.1) is 10.1 Å². The molecule has 0 radical (unpaired) electrons. The molecule has 7 nitrogen and oxygen atoms in total. The maximum Gasteiger partial charge on any atom is 0.328 e. The Balaban J connectivity index is 2.51. The number of benzene rings is 1. The number of imidazole rings is 1. The number of non-ortho nitro benzene ring substituents is 1. The van der Waals surface area contributed by atoms with Crippen LogP contribution in [0.3, 0.4) is 0 Å². The third-order valence-electron chi connectivity index (χ3n) is 3.50. The molecule has 1 aromatic heterocycles. The highest BCUT2D eigenvalue weighted by Gasteiger charge is 2.15. The number of methoxy groups -OCH3 is 1. The second-order valence-electron chi connectivity index (χ2n) is 4.76. The zero-order chi connectivity index (χ0) is 14.9. The number of aromatic nitrogens is 2. The summed E-state index contributed by atoms with van der Waals surface area (Å²) < 4.78 is 8.21. The van der Waals surface area contributed by atoms with Crippen LogP contribution >= 0.6 is 0 Å². The molecule has 0 unspecified atom stereocenters. The fraction of sp³-hybridized carbons (Fsp3) is 0.462. The molecule has 108 valence electrons. The topological polar surface area (TPSA) is 79.3 Å². The Bertz CT molecular complexity index is 701. The Hall–Kier alpha value is -2.15. The van der Waals surface area contributed by atoms with Crippen molar-refractivity contribution in [2.45, 2.75) is 26.0 Å². The van der Waals surface area contributed by atoms with Crippen molar-refractivity contribution in [3.05, 3.63) is 38.8 Å². The van der Waals surface area contributed by atoms with E-state index in [0.717, 1.165) is 0 Å². The van der Waals surface area contributed by atoms with Crippen LogP contribution in [0.4, 0.5) is 5.69 Å². The third-order valence-corrected chi connectivity index (χ3v) is 3.50. The van der Waals surface area contributed by atoms with Gasteiger partial charge in [-0.2, -0.15) is 0 Å². The van der Waals surface area contributed by atoms with Crippen LogP contribution in [-0.4, -0.2) is 27.3 Å². The third kappa shape index (κ3) is 2.44. The summed E-state index contributed by atoms with van der Waals surface area (Å²) in [6.45, 7) is 2.38. The molecule has 1 aromatic carbocycles. The highest BCUT2D eigenvalue weighted by molar-refractivity contribution is 5.78. The number of rotatable bonds is 5. The van der Waals surface area contributed by atoms with E-state index in [2.05, 4.69) is 0 Å². The van der Waals surface area contributed by atoms with E-state index in [9.17, 15) is 14.9 Å². The summed E-state index contributed by atoms with van der Waals surface area (Å²) >= 11 is 0. The van der Waals surface area contributed by atoms with Gasteiger partial charge in [-0.1, -0.05) is 0 Å². The minimum absolute atomic E-state index is 0.0170. The molecule has 0 saturated carbocycles. The van der Waals surface area contributed by atoms with Crippen LogP contribution in [0.25, 0.3) is 11.0 Å². The van der Waals surface area contributed by atoms with Crippen molar-refractivity contribution in [3.63, 3.8) is 0 Å². The summed E-state index contributed by atoms with van der Waals surface area (Å²) in [6.07, 6.45) is 0.689. The van der Waals surface area contributed by atoms with Crippen molar-refractivity contribution < 1.29 is 9.66 Å². The number of aryl methyl sites for hydroxylation is 2. The normalized spacial score (nSPS) is 12.8. The minimum Gasteiger partial charge on any atom is -0.382 e. The summed E-state index contributed by atoms with van der Waals surface area (Å²) in [4.78, 5) is 22.6. The van der Waals surface area contributed by atoms with Gasteiger partial charge in [0.25, 0.3) is 5.69 Å². The van der Waals surface area contributed by atoms with E-state index in [1.54, 1.807) is 24.8 Å². The second-order valence-corrected chi connectivity index (χ2v) is 4.76. The quantitative estimate of drug-likeness (QED) is 0.616. The van der Waals surface area contributed by atoms with Gasteiger partial charge in [0.1, 0.15) is 0 Å². The van der Waals surface area contributed by atoms with E-state index in [-0.39, 0.29) is 17.5 Å². The number of nitrogens with zero attached hydrogens (tertiary/aromatic N) is 3. The first-order valence-electron chi connectivity index (χ1n) is 6.32. The summed E-state index contributed by atoms with van der Waals surface area (Å²) in [6, 6.07) is 4.45. The van der Waals surface area contributed by atoms with Crippen LogP contribution < -0.4 is 5.69 Å². The van der Waals surface area contributed by atoms with E-state index in [1.807, 2.05) is 6.92 Å². The lowest BCUT2D eigenvalue weighted by molar-refractivity contribution is -0.384. The highest BCUT2D eigenvalue weighted by Crippen LogP contribution is 2.20. The van der Waals surface area contributed by atoms with Crippen LogP contribution in [0.2, 0.25) is 0 Å². The molecular formula is C13H17N3O4. The van der Waals surface area contributed by atoms with Gasteiger partial charge in [-0.25, -0.2) is 4.79 Å². The number of ether oxygens (including phenoxy) is 1. The van der Waals surface area contributed by atoms with Gasteiger partial charge < -0.3 is 4.74 Å². The molecule has 1 heterocycles. The van der Waals surface area contributed by atoms with Gasteiger partial charge >= 0.3 is 5.69 Å². The number of hydrogen-bond acceptors (Lipinski definition) is 4. The maximum atomic E-state index is 12.2. The molecule has 0 aliphatic carbocycles. The zero-order valence-electron chi connectivity index (χ0n) is 11.7. The molecule has 0 aliphatic rings. The lowest BCUT2D eigenvalue weighted by Crippen LogP contribution is -2.24. The van der Waals surface area contributed by atoms with Gasteiger partial charge in [0.15, 0.2) is 0 Å². The molecule has 0 saturated heterocycles. The molecule has 2 rings (SSSR count). The lowest BCUT2D eigenvalue weighted by Gasteiger charge is -2.09. The Morgan fingerprint density at radius 3 is 2.70 bits per heavy atom. The average Bonchev–Trinajstić information content (AvgIpc) is 2.68. The molecule has 20 heavy (non-hydrogen) atoms. The summed E-state index contributed by atoms with van der Waals surface area (Å²) in [5.74, 6) is 0. The molecule has 0 fully saturated rings. The highest BCUT2D eigenvalue weighted by atomic mass is 16.6. The molecule has 0 amide bonds. The Morgan fingerprint density at radius 2 is 2.10 bits per heavy atom. The molecule has 2 aromatic rings. The summed E-state index contributed by atoms with van der Waals surface area (Å²) in [7, 11) is 3.27. The largest absolute Gasteiger partial charge is 0.382 e. The minimum atomic E-state index is -0.459. The van der Waals surface area contributed by atoms with Gasteiger partial charge in [-0.05, 0) is 19.4 Å². The number of hydrogen-bond donors (Lipinski definition) is 0. The lowest BCUT2D eigenvalue weighted by atomic mass is 10.2. The van der Waals surface area contributed by atoms with Crippen molar-refractivity contribution in [1.29, 1.82) is 0 Å². The maximum absolute atomic E-state index is 12.2. The Labute approximate surface area is 115 Å². The Morgan fingerprint density at radius 1 is 1.40 bits per heavy atom. The summed E-state index contributed by atoms with van der Waals surface area (Å²) in [5.41, 5.74) is 1.07. The van der Waals surface area contributed by atoms with Gasteiger partial charge in [0.05, 0.1) is 22.1 Å². The van der Waals surface area contributed by atoms with E-state index >= 15 is 0 Å². The first-order valence-corrected chi connectivity index (χ1v) is 6.32. The SMILES string of the molecule is CO[C@H](C)CCn1c(=O)n(C)c2ccc([N+](=O)[O-])cc21. The zero-order valence-corrected chi connectivity index (χ0v) is 11.7. The smallest absolute Gasteiger partial charge is 0.328 e. The fourth-order valence-electron chi connectivity index (χ4n) is 2.16. The van der Waals surface area contributed by atoms with E-state index in [4.69, 9.17) is 4.74 Å². The van der Waals surface area contributed by atoms with Crippen molar-refractivity contribution in [1.82, 2.24) is 9.13 Å². The fourth-order valence-corrected chi connectivity index (χ4v) is 2.16. The molecule has 0 aliphatic heterocycles. The monoisotopic (exact) mass is 279 g/mol. The molecule has 1 atom stereocenters. The number of fused-ring (bicyclic) bond motifs is 1. The van der Waals surface area contributed by atoms with E-state index in [0.29, 0.717) is 24.0 Å². The molecule has 0 spiro atoms. The molecular weight excluding hydrogens is 262 g/mol. The standard InChI is InChI=1S/C13H17N3O4/c1-9(20-3)6-7-15-12-8-10(16(18)19)4-5-11(12)14(2)13(15)17/h4-5,8-9H,6-7H2,1-3H3/t9-/m1/s1. The van der Waals surface area contributed by atoms with Crippen LogP contribution in [-0.2, 0) is 18.3 Å². The van der Waals surface area contributed by atoms with Crippen LogP contribution in [0.15, 0.2) is 23.0 Å². The number of nitro groups is 1. The van der Waals surface area contributed by atoms with Gasteiger partial charge in [-0.15, -0.1) is 0 Å². The molecule has 0 bridgehead atoms. The van der Waals surface area contributed by atoms with E-state index in [1.165, 1.54) is 16.7 Å². The Kier molecular flexibility index (Phi) is 3.89.